The fourth-order valence-corrected chi connectivity index (χ4v) is 3.15. The van der Waals surface area contributed by atoms with Crippen molar-refractivity contribution in [3.05, 3.63) is 77.0 Å². The van der Waals surface area contributed by atoms with Gasteiger partial charge >= 0.3 is 0 Å². The molecule has 0 radical (unpaired) electrons. The maximum Gasteiger partial charge on any atom is 0.256 e. The number of nitriles is 1. The highest BCUT2D eigenvalue weighted by Crippen LogP contribution is 2.31. The number of para-hydroxylation sites is 1. The molecule has 0 aliphatic heterocycles. The third-order valence-corrected chi connectivity index (χ3v) is 4.42. The van der Waals surface area contributed by atoms with Crippen LogP contribution in [0, 0.1) is 11.3 Å². The Balaban J connectivity index is 1.70. The quantitative estimate of drug-likeness (QED) is 0.800. The van der Waals surface area contributed by atoms with Gasteiger partial charge < -0.3 is 5.32 Å². The highest BCUT2D eigenvalue weighted by Gasteiger charge is 2.24. The molecule has 0 saturated carbocycles. The van der Waals surface area contributed by atoms with E-state index in [2.05, 4.69) is 11.4 Å². The standard InChI is InChI=1S/C20H16N4O/c21-13-14-9-11-15(12-10-14)20(25)22-19-17-7-4-8-18(17)23-24(19)16-5-2-1-3-6-16/h1-3,5-6,9-12H,4,7-8H2,(H,22,25). The number of fused-ring (bicyclic) bond motifs is 1. The van der Waals surface area contributed by atoms with Gasteiger partial charge in [-0.2, -0.15) is 10.4 Å². The first-order chi connectivity index (χ1) is 12.3. The first-order valence-corrected chi connectivity index (χ1v) is 8.24. The molecule has 4 rings (SSSR count). The second kappa shape index (κ2) is 6.25. The van der Waals surface area contributed by atoms with E-state index in [0.717, 1.165) is 42.0 Å². The molecule has 122 valence electrons. The maximum absolute atomic E-state index is 12.7. The monoisotopic (exact) mass is 328 g/mol. The summed E-state index contributed by atoms with van der Waals surface area (Å²) < 4.78 is 1.81. The summed E-state index contributed by atoms with van der Waals surface area (Å²) in [5.74, 6) is 0.546. The first-order valence-electron chi connectivity index (χ1n) is 8.24. The van der Waals surface area contributed by atoms with Crippen LogP contribution in [0.2, 0.25) is 0 Å². The van der Waals surface area contributed by atoms with E-state index in [0.29, 0.717) is 11.1 Å². The van der Waals surface area contributed by atoms with Crippen molar-refractivity contribution in [1.82, 2.24) is 9.78 Å². The van der Waals surface area contributed by atoms with E-state index in [4.69, 9.17) is 10.4 Å². The van der Waals surface area contributed by atoms with E-state index in [1.165, 1.54) is 0 Å². The summed E-state index contributed by atoms with van der Waals surface area (Å²) in [5.41, 5.74) is 4.15. The second-order valence-electron chi connectivity index (χ2n) is 6.02. The summed E-state index contributed by atoms with van der Waals surface area (Å²) in [6.45, 7) is 0. The molecule has 0 spiro atoms. The zero-order valence-corrected chi connectivity index (χ0v) is 13.6. The van der Waals surface area contributed by atoms with Crippen LogP contribution < -0.4 is 5.32 Å². The molecule has 1 aromatic heterocycles. The van der Waals surface area contributed by atoms with Gasteiger partial charge in [0.25, 0.3) is 5.91 Å². The van der Waals surface area contributed by atoms with Gasteiger partial charge in [-0.1, -0.05) is 18.2 Å². The van der Waals surface area contributed by atoms with Crippen molar-refractivity contribution in [2.45, 2.75) is 19.3 Å². The van der Waals surface area contributed by atoms with Crippen molar-refractivity contribution in [3.8, 4) is 11.8 Å². The number of anilines is 1. The molecule has 1 N–H and O–H groups in total. The number of nitrogens with zero attached hydrogens (tertiary/aromatic N) is 3. The first kappa shape index (κ1) is 15.2. The summed E-state index contributed by atoms with van der Waals surface area (Å²) in [6.07, 6.45) is 2.92. The lowest BCUT2D eigenvalue weighted by Crippen LogP contribution is -2.16. The van der Waals surface area contributed by atoms with E-state index < -0.39 is 0 Å². The van der Waals surface area contributed by atoms with Crippen molar-refractivity contribution in [3.63, 3.8) is 0 Å². The number of benzene rings is 2. The van der Waals surface area contributed by atoms with Crippen LogP contribution in [0.25, 0.3) is 5.69 Å². The van der Waals surface area contributed by atoms with E-state index >= 15 is 0 Å². The molecule has 5 nitrogen and oxygen atoms in total. The molecule has 1 aliphatic rings. The molecule has 0 saturated heterocycles. The predicted octanol–water partition coefficient (Wildman–Crippen LogP) is 3.48. The van der Waals surface area contributed by atoms with Crippen molar-refractivity contribution in [2.75, 3.05) is 5.32 Å². The van der Waals surface area contributed by atoms with Crippen molar-refractivity contribution < 1.29 is 4.79 Å². The molecular formula is C20H16N4O. The van der Waals surface area contributed by atoms with Crippen LogP contribution in [0.5, 0.6) is 0 Å². The van der Waals surface area contributed by atoms with Gasteiger partial charge in [0.2, 0.25) is 0 Å². The maximum atomic E-state index is 12.7. The molecule has 0 unspecified atom stereocenters. The summed E-state index contributed by atoms with van der Waals surface area (Å²) in [6, 6.07) is 18.5. The summed E-state index contributed by atoms with van der Waals surface area (Å²) in [5, 5.41) is 16.6. The SMILES string of the molecule is N#Cc1ccc(C(=O)Nc2c3c(nn2-c2ccccc2)CCC3)cc1. The minimum atomic E-state index is -0.198. The minimum Gasteiger partial charge on any atom is -0.306 e. The van der Waals surface area contributed by atoms with E-state index in [1.54, 1.807) is 24.3 Å². The van der Waals surface area contributed by atoms with Crippen molar-refractivity contribution in [1.29, 1.82) is 5.26 Å². The van der Waals surface area contributed by atoms with Crippen LogP contribution in [0.1, 0.15) is 33.6 Å². The summed E-state index contributed by atoms with van der Waals surface area (Å²) >= 11 is 0. The third-order valence-electron chi connectivity index (χ3n) is 4.42. The number of nitrogens with one attached hydrogen (secondary N) is 1. The highest BCUT2D eigenvalue weighted by atomic mass is 16.1. The Labute approximate surface area is 145 Å². The van der Waals surface area contributed by atoms with Gasteiger partial charge in [-0.05, 0) is 55.7 Å². The fraction of sp³-hybridized carbons (Fsp3) is 0.150. The van der Waals surface area contributed by atoms with Gasteiger partial charge in [-0.3, -0.25) is 4.79 Å². The normalized spacial score (nSPS) is 12.4. The Bertz CT molecular complexity index is 965. The summed E-state index contributed by atoms with van der Waals surface area (Å²) in [4.78, 5) is 12.7. The second-order valence-corrected chi connectivity index (χ2v) is 6.02. The van der Waals surface area contributed by atoms with E-state index in [9.17, 15) is 4.79 Å². The molecule has 0 bridgehead atoms. The Morgan fingerprint density at radius 2 is 1.84 bits per heavy atom. The van der Waals surface area contributed by atoms with Gasteiger partial charge in [-0.15, -0.1) is 0 Å². The molecule has 25 heavy (non-hydrogen) atoms. The van der Waals surface area contributed by atoms with Gasteiger partial charge in [0.1, 0.15) is 5.82 Å². The lowest BCUT2D eigenvalue weighted by Gasteiger charge is -2.11. The van der Waals surface area contributed by atoms with Gasteiger partial charge in [0, 0.05) is 11.1 Å². The Kier molecular flexibility index (Phi) is 3.79. The van der Waals surface area contributed by atoms with E-state index in [1.807, 2.05) is 35.0 Å². The number of aromatic nitrogens is 2. The average Bonchev–Trinajstić information content (AvgIpc) is 3.25. The number of hydrogen-bond donors (Lipinski definition) is 1. The van der Waals surface area contributed by atoms with Gasteiger partial charge in [0.15, 0.2) is 0 Å². The molecular weight excluding hydrogens is 312 g/mol. The summed E-state index contributed by atoms with van der Waals surface area (Å²) in [7, 11) is 0. The zero-order valence-electron chi connectivity index (χ0n) is 13.6. The lowest BCUT2D eigenvalue weighted by molar-refractivity contribution is 0.102. The highest BCUT2D eigenvalue weighted by molar-refractivity contribution is 6.04. The Morgan fingerprint density at radius 3 is 2.56 bits per heavy atom. The van der Waals surface area contributed by atoms with Crippen LogP contribution in [-0.2, 0) is 12.8 Å². The molecule has 1 heterocycles. The number of aryl methyl sites for hydroxylation is 1. The molecule has 5 heteroatoms. The van der Waals surface area contributed by atoms with Crippen molar-refractivity contribution >= 4 is 11.7 Å². The smallest absolute Gasteiger partial charge is 0.256 e. The van der Waals surface area contributed by atoms with Crippen LogP contribution in [0.3, 0.4) is 0 Å². The molecule has 0 fully saturated rings. The fourth-order valence-electron chi connectivity index (χ4n) is 3.15. The van der Waals surface area contributed by atoms with Crippen LogP contribution >= 0.6 is 0 Å². The molecule has 2 aromatic carbocycles. The molecule has 1 amide bonds. The Hall–Kier alpha value is -3.39. The predicted molar refractivity (Wildman–Crippen MR) is 94.7 cm³/mol. The molecule has 3 aromatic rings. The van der Waals surface area contributed by atoms with Crippen LogP contribution in [-0.4, -0.2) is 15.7 Å². The molecule has 0 atom stereocenters. The minimum absolute atomic E-state index is 0.198. The number of carbonyl (C=O) groups excluding carboxylic acids is 1. The average molecular weight is 328 g/mol. The van der Waals surface area contributed by atoms with E-state index in [-0.39, 0.29) is 5.91 Å². The third kappa shape index (κ3) is 2.79. The van der Waals surface area contributed by atoms with Crippen molar-refractivity contribution in [2.24, 2.45) is 0 Å². The molecule has 1 aliphatic carbocycles. The number of hydrogen-bond acceptors (Lipinski definition) is 3. The van der Waals surface area contributed by atoms with Gasteiger partial charge in [-0.25, -0.2) is 4.68 Å². The van der Waals surface area contributed by atoms with Crippen LogP contribution in [0.15, 0.2) is 54.6 Å². The number of carbonyl (C=O) groups is 1. The topological polar surface area (TPSA) is 70.7 Å². The van der Waals surface area contributed by atoms with Gasteiger partial charge in [0.05, 0.1) is 23.0 Å². The number of amides is 1. The largest absolute Gasteiger partial charge is 0.306 e. The lowest BCUT2D eigenvalue weighted by atomic mass is 10.1. The zero-order chi connectivity index (χ0) is 17.2. The van der Waals surface area contributed by atoms with Crippen LogP contribution in [0.4, 0.5) is 5.82 Å². The Morgan fingerprint density at radius 1 is 1.08 bits per heavy atom. The number of rotatable bonds is 3.